The Morgan fingerprint density at radius 1 is 0.677 bits per heavy atom. The molecule has 31 heavy (non-hydrogen) atoms. The van der Waals surface area contributed by atoms with Gasteiger partial charge in [0.05, 0.1) is 18.3 Å². The van der Waals surface area contributed by atoms with Crippen LogP contribution >= 0.6 is 7.26 Å². The monoisotopic (exact) mass is 425 g/mol. The van der Waals surface area contributed by atoms with Gasteiger partial charge in [-0.3, -0.25) is 0 Å². The van der Waals surface area contributed by atoms with Gasteiger partial charge in [-0.05, 0) is 61.0 Å². The first-order valence-corrected chi connectivity index (χ1v) is 12.5. The summed E-state index contributed by atoms with van der Waals surface area (Å²) in [6.07, 6.45) is 0.832. The molecule has 154 valence electrons. The van der Waals surface area contributed by atoms with Crippen molar-refractivity contribution in [3.05, 3.63) is 126 Å². The van der Waals surface area contributed by atoms with Crippen LogP contribution < -0.4 is 15.9 Å². The fourth-order valence-corrected chi connectivity index (χ4v) is 8.28. The third-order valence-corrected chi connectivity index (χ3v) is 9.83. The first-order valence-electron chi connectivity index (χ1n) is 10.5. The first kappa shape index (κ1) is 21.0. The smallest absolute Gasteiger partial charge is 0.338 e. The highest BCUT2D eigenvalue weighted by Gasteiger charge is 2.45. The second-order valence-electron chi connectivity index (χ2n) is 7.40. The highest BCUT2D eigenvalue weighted by atomic mass is 31.2. The number of carbonyl (C=O) groups excluding carboxylic acids is 1. The Morgan fingerprint density at radius 3 is 1.61 bits per heavy atom. The van der Waals surface area contributed by atoms with E-state index >= 15 is 0 Å². The maximum atomic E-state index is 12.4. The molecule has 0 atom stereocenters. The lowest BCUT2D eigenvalue weighted by Crippen LogP contribution is -2.32. The molecule has 0 amide bonds. The van der Waals surface area contributed by atoms with Crippen molar-refractivity contribution in [3.8, 4) is 0 Å². The van der Waals surface area contributed by atoms with Gasteiger partial charge in [0, 0.05) is 0 Å². The third kappa shape index (κ3) is 4.45. The molecule has 0 aliphatic heterocycles. The van der Waals surface area contributed by atoms with Crippen molar-refractivity contribution in [2.24, 2.45) is 0 Å². The molecule has 0 saturated heterocycles. The number of carbonyl (C=O) groups is 1. The molecular formula is C28H26O2P+. The Kier molecular flexibility index (Phi) is 6.60. The Balaban J connectivity index is 1.91. The van der Waals surface area contributed by atoms with E-state index in [1.807, 2.05) is 25.1 Å². The summed E-state index contributed by atoms with van der Waals surface area (Å²) in [5.74, 6) is -0.271. The van der Waals surface area contributed by atoms with Crippen LogP contribution in [0.5, 0.6) is 0 Å². The normalized spacial score (nSPS) is 11.1. The quantitative estimate of drug-likeness (QED) is 0.294. The standard InChI is InChI=1S/C28H26O2P/c1-2-30-28(29)24-14-12-13-23(21-24)22-31(25-15-6-3-7-16-25,26-17-8-4-9-18-26)27-19-10-5-11-20-27/h3-21H,2,22H2,1H3/q+1. The van der Waals surface area contributed by atoms with Crippen LogP contribution in [0.3, 0.4) is 0 Å². The molecule has 0 aliphatic carbocycles. The molecule has 0 heterocycles. The molecule has 4 rings (SSSR count). The van der Waals surface area contributed by atoms with Crippen LogP contribution in [0.4, 0.5) is 0 Å². The molecule has 0 spiro atoms. The lowest BCUT2D eigenvalue weighted by molar-refractivity contribution is 0.0526. The lowest BCUT2D eigenvalue weighted by Gasteiger charge is -2.28. The summed E-state index contributed by atoms with van der Waals surface area (Å²) in [6.45, 7) is 2.20. The number of ether oxygens (including phenoxy) is 1. The molecule has 0 unspecified atom stereocenters. The topological polar surface area (TPSA) is 26.3 Å². The molecule has 4 aromatic carbocycles. The third-order valence-electron chi connectivity index (χ3n) is 5.45. The van der Waals surface area contributed by atoms with E-state index < -0.39 is 7.26 Å². The van der Waals surface area contributed by atoms with Crippen molar-refractivity contribution in [1.29, 1.82) is 0 Å². The van der Waals surface area contributed by atoms with Gasteiger partial charge < -0.3 is 4.74 Å². The van der Waals surface area contributed by atoms with E-state index in [2.05, 4.69) is 97.1 Å². The predicted molar refractivity (Wildman–Crippen MR) is 131 cm³/mol. The van der Waals surface area contributed by atoms with Crippen molar-refractivity contribution in [3.63, 3.8) is 0 Å². The first-order chi connectivity index (χ1) is 15.2. The highest BCUT2D eigenvalue weighted by molar-refractivity contribution is 7.95. The van der Waals surface area contributed by atoms with E-state index in [1.54, 1.807) is 0 Å². The fourth-order valence-electron chi connectivity index (χ4n) is 4.05. The molecule has 0 saturated carbocycles. The summed E-state index contributed by atoms with van der Waals surface area (Å²) in [5.41, 5.74) is 1.74. The summed E-state index contributed by atoms with van der Waals surface area (Å²) < 4.78 is 5.24. The number of hydrogen-bond acceptors (Lipinski definition) is 2. The van der Waals surface area contributed by atoms with Crippen molar-refractivity contribution >= 4 is 29.1 Å². The summed E-state index contributed by atoms with van der Waals surface area (Å²) in [4.78, 5) is 12.4. The van der Waals surface area contributed by atoms with E-state index in [9.17, 15) is 4.79 Å². The molecule has 4 aromatic rings. The van der Waals surface area contributed by atoms with Gasteiger partial charge in [0.2, 0.25) is 0 Å². The van der Waals surface area contributed by atoms with Gasteiger partial charge in [0.1, 0.15) is 23.2 Å². The molecule has 0 radical (unpaired) electrons. The van der Waals surface area contributed by atoms with Crippen LogP contribution in [-0.4, -0.2) is 12.6 Å². The maximum Gasteiger partial charge on any atom is 0.338 e. The van der Waals surface area contributed by atoms with Crippen molar-refractivity contribution in [2.75, 3.05) is 6.61 Å². The zero-order valence-electron chi connectivity index (χ0n) is 17.6. The summed E-state index contributed by atoms with van der Waals surface area (Å²) in [7, 11) is -1.99. The van der Waals surface area contributed by atoms with E-state index in [0.29, 0.717) is 12.2 Å². The predicted octanol–water partition coefficient (Wildman–Crippen LogP) is 5.36. The summed E-state index contributed by atoms with van der Waals surface area (Å²) in [5, 5.41) is 3.98. The molecule has 3 heteroatoms. The van der Waals surface area contributed by atoms with Gasteiger partial charge in [0.25, 0.3) is 0 Å². The minimum atomic E-state index is -1.99. The van der Waals surface area contributed by atoms with Crippen LogP contribution in [0, 0.1) is 0 Å². The van der Waals surface area contributed by atoms with Crippen molar-refractivity contribution in [1.82, 2.24) is 0 Å². The Bertz CT molecular complexity index is 1030. The van der Waals surface area contributed by atoms with Crippen molar-refractivity contribution in [2.45, 2.75) is 13.1 Å². The second-order valence-corrected chi connectivity index (χ2v) is 10.9. The minimum Gasteiger partial charge on any atom is -0.462 e. The SMILES string of the molecule is CCOC(=O)c1cccc(C[P+](c2ccccc2)(c2ccccc2)c2ccccc2)c1. The Morgan fingerprint density at radius 2 is 1.16 bits per heavy atom. The van der Waals surface area contributed by atoms with Gasteiger partial charge in [-0.1, -0.05) is 66.7 Å². The average Bonchev–Trinajstić information content (AvgIpc) is 2.84. The molecule has 0 fully saturated rings. The van der Waals surface area contributed by atoms with Gasteiger partial charge in [0.15, 0.2) is 0 Å². The van der Waals surface area contributed by atoms with Gasteiger partial charge in [-0.15, -0.1) is 0 Å². The van der Waals surface area contributed by atoms with Crippen LogP contribution in [0.1, 0.15) is 22.8 Å². The van der Waals surface area contributed by atoms with E-state index in [-0.39, 0.29) is 5.97 Å². The highest BCUT2D eigenvalue weighted by Crippen LogP contribution is 2.58. The summed E-state index contributed by atoms with van der Waals surface area (Å²) in [6, 6.07) is 40.2. The molecule has 0 N–H and O–H groups in total. The van der Waals surface area contributed by atoms with Crippen LogP contribution in [0.25, 0.3) is 0 Å². The minimum absolute atomic E-state index is 0.271. The zero-order chi connectivity index (χ0) is 21.5. The number of hydrogen-bond donors (Lipinski definition) is 0. The second kappa shape index (κ2) is 9.73. The average molecular weight is 425 g/mol. The number of benzene rings is 4. The Labute approximate surface area is 184 Å². The maximum absolute atomic E-state index is 12.4. The van der Waals surface area contributed by atoms with E-state index in [4.69, 9.17) is 4.74 Å². The fraction of sp³-hybridized carbons (Fsp3) is 0.107. The molecule has 2 nitrogen and oxygen atoms in total. The zero-order valence-corrected chi connectivity index (χ0v) is 18.5. The van der Waals surface area contributed by atoms with Gasteiger partial charge >= 0.3 is 5.97 Å². The van der Waals surface area contributed by atoms with Gasteiger partial charge in [-0.2, -0.15) is 0 Å². The van der Waals surface area contributed by atoms with Crippen LogP contribution in [0.2, 0.25) is 0 Å². The van der Waals surface area contributed by atoms with E-state index in [0.717, 1.165) is 11.7 Å². The lowest BCUT2D eigenvalue weighted by atomic mass is 10.1. The molecule has 0 bridgehead atoms. The largest absolute Gasteiger partial charge is 0.462 e. The molecule has 0 aromatic heterocycles. The van der Waals surface area contributed by atoms with Crippen molar-refractivity contribution < 1.29 is 9.53 Å². The van der Waals surface area contributed by atoms with E-state index in [1.165, 1.54) is 15.9 Å². The van der Waals surface area contributed by atoms with Gasteiger partial charge in [-0.25, -0.2) is 4.79 Å². The molecule has 0 aliphatic rings. The number of rotatable bonds is 7. The van der Waals surface area contributed by atoms with Crippen LogP contribution in [-0.2, 0) is 10.9 Å². The van der Waals surface area contributed by atoms with Crippen LogP contribution in [0.15, 0.2) is 115 Å². The summed E-state index contributed by atoms with van der Waals surface area (Å²) >= 11 is 0. The number of esters is 1. The Hall–Kier alpha value is -3.22. The molecular weight excluding hydrogens is 399 g/mol.